The van der Waals surface area contributed by atoms with Crippen LogP contribution in [0.15, 0.2) is 85.3 Å². The molecule has 0 fully saturated rings. The highest BCUT2D eigenvalue weighted by molar-refractivity contribution is 7.10. The quantitative estimate of drug-likeness (QED) is 0.371. The van der Waals surface area contributed by atoms with E-state index in [2.05, 4.69) is 30.0 Å². The summed E-state index contributed by atoms with van der Waals surface area (Å²) in [6, 6.07) is 20.4. The molecule has 8 nitrogen and oxygen atoms in total. The second-order valence-electron chi connectivity index (χ2n) is 6.69. The molecule has 0 aliphatic carbocycles. The van der Waals surface area contributed by atoms with E-state index in [0.29, 0.717) is 33.7 Å². The topological polar surface area (TPSA) is 102 Å². The standard InChI is InChI=1S/C23H16N6O2S/c30-22(27-15-10-11-21(25-12-15)31-16-6-2-1-3-7-16)17-13-26-32-23(17)29-20-14-24-18-8-4-5-9-19(18)28-20/h1-14H,(H,27,30)(H,28,29). The van der Waals surface area contributed by atoms with Crippen LogP contribution in [0.4, 0.5) is 16.5 Å². The number of anilines is 3. The number of pyridine rings is 1. The lowest BCUT2D eigenvalue weighted by Gasteiger charge is -2.08. The lowest BCUT2D eigenvalue weighted by Crippen LogP contribution is -2.13. The zero-order chi connectivity index (χ0) is 21.8. The molecule has 0 bridgehead atoms. The Labute approximate surface area is 187 Å². The van der Waals surface area contributed by atoms with Crippen LogP contribution in [0.1, 0.15) is 10.4 Å². The summed E-state index contributed by atoms with van der Waals surface area (Å²) in [6.45, 7) is 0. The number of nitrogens with one attached hydrogen (secondary N) is 2. The van der Waals surface area contributed by atoms with Gasteiger partial charge in [0.05, 0.1) is 40.9 Å². The molecule has 2 N–H and O–H groups in total. The van der Waals surface area contributed by atoms with Crippen LogP contribution in [-0.2, 0) is 0 Å². The van der Waals surface area contributed by atoms with Crippen molar-refractivity contribution in [3.05, 3.63) is 90.9 Å². The number of hydrogen-bond acceptors (Lipinski definition) is 8. The number of fused-ring (bicyclic) bond motifs is 1. The molecule has 5 rings (SSSR count). The van der Waals surface area contributed by atoms with Gasteiger partial charge >= 0.3 is 0 Å². The molecular formula is C23H16N6O2S. The predicted molar refractivity (Wildman–Crippen MR) is 124 cm³/mol. The van der Waals surface area contributed by atoms with Crippen molar-refractivity contribution >= 4 is 45.0 Å². The van der Waals surface area contributed by atoms with E-state index in [-0.39, 0.29) is 5.91 Å². The van der Waals surface area contributed by atoms with Gasteiger partial charge in [0, 0.05) is 6.07 Å². The van der Waals surface area contributed by atoms with Crippen LogP contribution in [0.25, 0.3) is 11.0 Å². The van der Waals surface area contributed by atoms with Gasteiger partial charge in [0.15, 0.2) is 0 Å². The Balaban J connectivity index is 1.27. The van der Waals surface area contributed by atoms with Crippen molar-refractivity contribution in [3.63, 3.8) is 0 Å². The lowest BCUT2D eigenvalue weighted by atomic mass is 10.3. The number of benzene rings is 2. The number of amides is 1. The first-order chi connectivity index (χ1) is 15.7. The molecule has 0 saturated heterocycles. The fourth-order valence-corrected chi connectivity index (χ4v) is 3.61. The van der Waals surface area contributed by atoms with Crippen molar-refractivity contribution in [1.82, 2.24) is 19.3 Å². The number of ether oxygens (including phenoxy) is 1. The summed E-state index contributed by atoms with van der Waals surface area (Å²) in [5, 5.41) is 6.53. The Hall–Kier alpha value is -4.37. The predicted octanol–water partition coefficient (Wildman–Crippen LogP) is 5.27. The molecule has 0 radical (unpaired) electrons. The van der Waals surface area contributed by atoms with Gasteiger partial charge in [-0.05, 0) is 41.9 Å². The summed E-state index contributed by atoms with van der Waals surface area (Å²) in [7, 11) is 0. The van der Waals surface area contributed by atoms with E-state index in [4.69, 9.17) is 4.74 Å². The van der Waals surface area contributed by atoms with Crippen LogP contribution in [0.2, 0.25) is 0 Å². The van der Waals surface area contributed by atoms with Gasteiger partial charge in [-0.25, -0.2) is 9.97 Å². The van der Waals surface area contributed by atoms with E-state index >= 15 is 0 Å². The fraction of sp³-hybridized carbons (Fsp3) is 0. The molecular weight excluding hydrogens is 424 g/mol. The highest BCUT2D eigenvalue weighted by Gasteiger charge is 2.16. The van der Waals surface area contributed by atoms with Gasteiger partial charge in [0.2, 0.25) is 5.88 Å². The van der Waals surface area contributed by atoms with Gasteiger partial charge in [0.25, 0.3) is 5.91 Å². The van der Waals surface area contributed by atoms with Gasteiger partial charge in [-0.2, -0.15) is 4.37 Å². The van der Waals surface area contributed by atoms with Crippen LogP contribution in [-0.4, -0.2) is 25.2 Å². The van der Waals surface area contributed by atoms with Gasteiger partial charge in [-0.1, -0.05) is 30.3 Å². The van der Waals surface area contributed by atoms with E-state index in [1.807, 2.05) is 54.6 Å². The average Bonchev–Trinajstić information content (AvgIpc) is 3.29. The molecule has 2 aromatic carbocycles. The largest absolute Gasteiger partial charge is 0.439 e. The number of hydrogen-bond donors (Lipinski definition) is 2. The maximum Gasteiger partial charge on any atom is 0.260 e. The summed E-state index contributed by atoms with van der Waals surface area (Å²) in [4.78, 5) is 25.9. The molecule has 156 valence electrons. The Morgan fingerprint density at radius 3 is 2.47 bits per heavy atom. The molecule has 0 spiro atoms. The van der Waals surface area contributed by atoms with Crippen molar-refractivity contribution in [2.24, 2.45) is 0 Å². The second-order valence-corrected chi connectivity index (χ2v) is 7.49. The van der Waals surface area contributed by atoms with Crippen molar-refractivity contribution in [2.45, 2.75) is 0 Å². The third-order valence-electron chi connectivity index (χ3n) is 4.47. The molecule has 0 aliphatic rings. The Morgan fingerprint density at radius 1 is 0.844 bits per heavy atom. The molecule has 0 aliphatic heterocycles. The minimum absolute atomic E-state index is 0.312. The van der Waals surface area contributed by atoms with Crippen LogP contribution in [0.3, 0.4) is 0 Å². The molecule has 3 aromatic heterocycles. The van der Waals surface area contributed by atoms with Crippen LogP contribution >= 0.6 is 11.5 Å². The summed E-state index contributed by atoms with van der Waals surface area (Å²) >= 11 is 1.17. The monoisotopic (exact) mass is 440 g/mol. The maximum atomic E-state index is 12.8. The second kappa shape index (κ2) is 8.78. The van der Waals surface area contributed by atoms with Crippen molar-refractivity contribution in [3.8, 4) is 11.6 Å². The molecule has 0 unspecified atom stereocenters. The average molecular weight is 440 g/mol. The maximum absolute atomic E-state index is 12.8. The number of para-hydroxylation sites is 3. The Morgan fingerprint density at radius 2 is 1.66 bits per heavy atom. The van der Waals surface area contributed by atoms with Crippen molar-refractivity contribution < 1.29 is 9.53 Å². The van der Waals surface area contributed by atoms with Gasteiger partial charge in [0.1, 0.15) is 16.6 Å². The minimum Gasteiger partial charge on any atom is -0.439 e. The summed E-state index contributed by atoms with van der Waals surface area (Å²) in [5.74, 6) is 1.34. The van der Waals surface area contributed by atoms with Crippen molar-refractivity contribution in [1.29, 1.82) is 0 Å². The summed E-state index contributed by atoms with van der Waals surface area (Å²) < 4.78 is 9.81. The highest BCUT2D eigenvalue weighted by atomic mass is 32.1. The molecule has 0 saturated carbocycles. The normalized spacial score (nSPS) is 10.6. The van der Waals surface area contributed by atoms with E-state index in [0.717, 1.165) is 11.0 Å². The number of carbonyl (C=O) groups is 1. The first-order valence-corrected chi connectivity index (χ1v) is 10.5. The molecule has 9 heteroatoms. The zero-order valence-electron chi connectivity index (χ0n) is 16.6. The minimum atomic E-state index is -0.312. The summed E-state index contributed by atoms with van der Waals surface area (Å²) in [6.07, 6.45) is 4.67. The van der Waals surface area contributed by atoms with E-state index in [1.54, 1.807) is 18.3 Å². The van der Waals surface area contributed by atoms with E-state index in [1.165, 1.54) is 23.9 Å². The number of carbonyl (C=O) groups excluding carboxylic acids is 1. The molecule has 0 atom stereocenters. The van der Waals surface area contributed by atoms with E-state index < -0.39 is 0 Å². The van der Waals surface area contributed by atoms with Crippen LogP contribution < -0.4 is 15.4 Å². The SMILES string of the molecule is O=C(Nc1ccc(Oc2ccccc2)nc1)c1cnsc1Nc1cnc2ccccc2n1. The smallest absolute Gasteiger partial charge is 0.260 e. The fourth-order valence-electron chi connectivity index (χ4n) is 2.95. The third kappa shape index (κ3) is 4.37. The number of rotatable bonds is 6. The first kappa shape index (κ1) is 19.6. The number of aromatic nitrogens is 4. The van der Waals surface area contributed by atoms with Gasteiger partial charge in [-0.15, -0.1) is 0 Å². The molecule has 1 amide bonds. The van der Waals surface area contributed by atoms with Gasteiger partial charge < -0.3 is 15.4 Å². The van der Waals surface area contributed by atoms with Gasteiger partial charge in [-0.3, -0.25) is 9.78 Å². The van der Waals surface area contributed by atoms with Crippen LogP contribution in [0.5, 0.6) is 11.6 Å². The third-order valence-corrected chi connectivity index (χ3v) is 5.18. The Kier molecular flexibility index (Phi) is 5.38. The Bertz CT molecular complexity index is 1370. The number of nitrogens with zero attached hydrogens (tertiary/aromatic N) is 4. The zero-order valence-corrected chi connectivity index (χ0v) is 17.4. The van der Waals surface area contributed by atoms with Crippen LogP contribution in [0, 0.1) is 0 Å². The molecule has 5 aromatic rings. The van der Waals surface area contributed by atoms with E-state index in [9.17, 15) is 4.79 Å². The molecule has 32 heavy (non-hydrogen) atoms. The lowest BCUT2D eigenvalue weighted by molar-refractivity contribution is 0.102. The highest BCUT2D eigenvalue weighted by Crippen LogP contribution is 2.26. The van der Waals surface area contributed by atoms with Crippen molar-refractivity contribution in [2.75, 3.05) is 10.6 Å². The molecule has 3 heterocycles. The first-order valence-electron chi connectivity index (χ1n) is 9.68. The summed E-state index contributed by atoms with van der Waals surface area (Å²) in [5.41, 5.74) is 2.50.